The zero-order chi connectivity index (χ0) is 52.5. The van der Waals surface area contributed by atoms with E-state index in [0.29, 0.717) is 0 Å². The quantitative estimate of drug-likeness (QED) is 0.121. The number of benzene rings is 10. The monoisotopic (exact) mass is 1200 g/mol. The number of nitrogens with zero attached hydrogens (tertiary/aromatic N) is 3. The van der Waals surface area contributed by atoms with E-state index in [1.807, 2.05) is 85.3 Å². The van der Waals surface area contributed by atoms with Crippen molar-refractivity contribution < 1.29 is 24.5 Å². The van der Waals surface area contributed by atoms with Crippen molar-refractivity contribution in [1.82, 2.24) is 15.0 Å². The van der Waals surface area contributed by atoms with Gasteiger partial charge in [0.1, 0.15) is 11.2 Å². The summed E-state index contributed by atoms with van der Waals surface area (Å²) in [5, 5.41) is 2.22. The molecule has 0 unspecified atom stereocenters. The Bertz CT molecular complexity index is 4370. The average Bonchev–Trinajstić information content (AvgIpc) is 3.93. The molecule has 0 aliphatic carbocycles. The first kappa shape index (κ1) is 49.7. The molecular weight excluding hydrogens is 1150 g/mol. The van der Waals surface area contributed by atoms with Crippen LogP contribution in [0.1, 0.15) is 0 Å². The van der Waals surface area contributed by atoms with Gasteiger partial charge >= 0.3 is 20.1 Å². The average molecular weight is 1200 g/mol. The molecule has 14 rings (SSSR count). The molecule has 0 amide bonds. The van der Waals surface area contributed by atoms with Crippen molar-refractivity contribution in [2.24, 2.45) is 0 Å². The fourth-order valence-electron chi connectivity index (χ4n) is 10.9. The van der Waals surface area contributed by atoms with Gasteiger partial charge in [-0.25, -0.2) is 0 Å². The molecule has 0 aliphatic heterocycles. The summed E-state index contributed by atoms with van der Waals surface area (Å²) >= 11 is 0. The van der Waals surface area contributed by atoms with E-state index in [9.17, 15) is 0 Å². The maximum Gasteiger partial charge on any atom is 3.00 e. The van der Waals surface area contributed by atoms with Crippen LogP contribution in [0.25, 0.3) is 145 Å². The number of rotatable bonds is 11. The van der Waals surface area contributed by atoms with Crippen LogP contribution in [-0.4, -0.2) is 15.0 Å². The van der Waals surface area contributed by atoms with Crippen LogP contribution in [0.15, 0.2) is 284 Å². The SMILES string of the molecule is [Ir+3].[c-]1ccccc1-c1ccc(-c2ccccc2-c2cc(-c3ccccc3-c3ccc(-c4[c-]cccc4)nc3)cc(-c3ccccc3-c3cnc(-c4[c-]ccc(-c5ccc6c(c5)oc5ccccc56)c4)cc3-c3ccccc3)c2)cn1. The maximum absolute atomic E-state index is 6.30. The van der Waals surface area contributed by atoms with Gasteiger partial charge in [-0.05, 0) is 131 Å². The minimum atomic E-state index is 0. The molecule has 0 atom stereocenters. The molecule has 14 aromatic rings. The Morgan fingerprint density at radius 3 is 1.30 bits per heavy atom. The topological polar surface area (TPSA) is 51.8 Å². The van der Waals surface area contributed by atoms with Crippen LogP contribution in [-0.2, 0) is 20.1 Å². The normalized spacial score (nSPS) is 11.2. The molecule has 10 aromatic carbocycles. The van der Waals surface area contributed by atoms with Gasteiger partial charge in [0, 0.05) is 34.9 Å². The summed E-state index contributed by atoms with van der Waals surface area (Å²) in [4.78, 5) is 15.2. The number of pyridine rings is 3. The summed E-state index contributed by atoms with van der Waals surface area (Å²) in [5.74, 6) is 0. The first-order chi connectivity index (χ1) is 39.1. The Balaban J connectivity index is 0.00000605. The van der Waals surface area contributed by atoms with Gasteiger partial charge in [-0.15, -0.1) is 107 Å². The Kier molecular flexibility index (Phi) is 13.6. The summed E-state index contributed by atoms with van der Waals surface area (Å²) in [7, 11) is 0. The molecule has 0 fully saturated rings. The fraction of sp³-hybridized carbons (Fsp3) is 0. The Labute approximate surface area is 478 Å². The van der Waals surface area contributed by atoms with Gasteiger partial charge < -0.3 is 19.4 Å². The predicted octanol–water partition coefficient (Wildman–Crippen LogP) is 19.5. The number of hydrogen-bond acceptors (Lipinski definition) is 4. The summed E-state index contributed by atoms with van der Waals surface area (Å²) in [6.45, 7) is 0. The van der Waals surface area contributed by atoms with Gasteiger partial charge in [0.25, 0.3) is 0 Å². The molecular formula is C75H46IrN3O. The molecule has 5 heteroatoms. The van der Waals surface area contributed by atoms with Crippen molar-refractivity contribution in [1.29, 1.82) is 0 Å². The van der Waals surface area contributed by atoms with Crippen molar-refractivity contribution in [3.8, 4) is 123 Å². The molecule has 4 nitrogen and oxygen atoms in total. The van der Waals surface area contributed by atoms with Gasteiger partial charge in [-0.2, -0.15) is 0 Å². The maximum atomic E-state index is 6.30. The number of fused-ring (bicyclic) bond motifs is 3. The van der Waals surface area contributed by atoms with Crippen LogP contribution in [0.2, 0.25) is 0 Å². The van der Waals surface area contributed by atoms with E-state index in [4.69, 9.17) is 19.4 Å². The minimum Gasteiger partial charge on any atom is -0.456 e. The molecule has 0 saturated carbocycles. The number of hydrogen-bond donors (Lipinski definition) is 0. The first-order valence-corrected chi connectivity index (χ1v) is 26.5. The molecule has 0 N–H and O–H groups in total. The van der Waals surface area contributed by atoms with Crippen molar-refractivity contribution in [3.05, 3.63) is 298 Å². The van der Waals surface area contributed by atoms with Crippen LogP contribution in [0.5, 0.6) is 0 Å². The fourth-order valence-corrected chi connectivity index (χ4v) is 10.9. The summed E-state index contributed by atoms with van der Waals surface area (Å²) in [6.07, 6.45) is 6.00. The number of furan rings is 1. The molecule has 0 radical (unpaired) electrons. The third-order valence-electron chi connectivity index (χ3n) is 14.8. The molecule has 0 spiro atoms. The van der Waals surface area contributed by atoms with Crippen LogP contribution in [0.4, 0.5) is 0 Å². The van der Waals surface area contributed by atoms with E-state index in [0.717, 1.165) is 145 Å². The smallest absolute Gasteiger partial charge is 0.456 e. The Morgan fingerprint density at radius 1 is 0.250 bits per heavy atom. The molecule has 4 aromatic heterocycles. The largest absolute Gasteiger partial charge is 3.00 e. The molecule has 80 heavy (non-hydrogen) atoms. The van der Waals surface area contributed by atoms with Crippen LogP contribution in [0.3, 0.4) is 0 Å². The van der Waals surface area contributed by atoms with Crippen molar-refractivity contribution in [3.63, 3.8) is 0 Å². The van der Waals surface area contributed by atoms with E-state index in [-0.39, 0.29) is 20.1 Å². The van der Waals surface area contributed by atoms with Gasteiger partial charge in [-0.3, -0.25) is 0 Å². The van der Waals surface area contributed by atoms with E-state index in [2.05, 4.69) is 212 Å². The Morgan fingerprint density at radius 2 is 0.725 bits per heavy atom. The van der Waals surface area contributed by atoms with E-state index in [1.165, 1.54) is 0 Å². The zero-order valence-corrected chi connectivity index (χ0v) is 45.5. The third-order valence-corrected chi connectivity index (χ3v) is 14.8. The van der Waals surface area contributed by atoms with Gasteiger partial charge in [0.2, 0.25) is 0 Å². The molecule has 4 heterocycles. The van der Waals surface area contributed by atoms with Gasteiger partial charge in [0.15, 0.2) is 0 Å². The van der Waals surface area contributed by atoms with Crippen LogP contribution < -0.4 is 0 Å². The molecule has 0 aliphatic rings. The first-order valence-electron chi connectivity index (χ1n) is 26.5. The summed E-state index contributed by atoms with van der Waals surface area (Å²) in [6, 6.07) is 101. The number of para-hydroxylation sites is 1. The standard InChI is InChI=1S/C75H46N3O.Ir/c1-4-19-50(20-5-1)69-46-73(55-26-18-25-53(41-55)54-35-38-68-67-33-16-17-34-74(67)79-75(68)45-54)78-49-70(69)66-32-15-14-31-65(66)60-43-58(63-29-12-10-27-61(63)56-36-39-71(76-47-56)51-21-6-2-7-22-51)42-59(44-60)64-30-13-11-28-62(64)57-37-40-72(77-48-57)52-23-8-3-9-24-52;/h1-21,23,25,27-49H;/q-3;+3. The number of aromatic nitrogens is 3. The second-order valence-corrected chi connectivity index (χ2v) is 19.6. The van der Waals surface area contributed by atoms with Gasteiger partial charge in [0.05, 0.1) is 0 Å². The summed E-state index contributed by atoms with van der Waals surface area (Å²) in [5.41, 5.74) is 24.3. The summed E-state index contributed by atoms with van der Waals surface area (Å²) < 4.78 is 6.30. The molecule has 0 bridgehead atoms. The molecule has 376 valence electrons. The van der Waals surface area contributed by atoms with Crippen LogP contribution >= 0.6 is 0 Å². The third kappa shape index (κ3) is 9.67. The van der Waals surface area contributed by atoms with E-state index >= 15 is 0 Å². The van der Waals surface area contributed by atoms with Crippen molar-refractivity contribution in [2.45, 2.75) is 0 Å². The predicted molar refractivity (Wildman–Crippen MR) is 323 cm³/mol. The Hall–Kier alpha value is -9.90. The zero-order valence-electron chi connectivity index (χ0n) is 43.1. The second-order valence-electron chi connectivity index (χ2n) is 19.6. The van der Waals surface area contributed by atoms with E-state index in [1.54, 1.807) is 0 Å². The van der Waals surface area contributed by atoms with Crippen molar-refractivity contribution in [2.75, 3.05) is 0 Å². The van der Waals surface area contributed by atoms with Crippen LogP contribution in [0, 0.1) is 18.2 Å². The van der Waals surface area contributed by atoms with Crippen molar-refractivity contribution >= 4 is 21.9 Å². The van der Waals surface area contributed by atoms with Gasteiger partial charge in [-0.1, -0.05) is 158 Å². The van der Waals surface area contributed by atoms with E-state index < -0.39 is 0 Å². The second kappa shape index (κ2) is 21.9. The minimum absolute atomic E-state index is 0. The molecule has 0 saturated heterocycles.